The van der Waals surface area contributed by atoms with Crippen molar-refractivity contribution in [1.82, 2.24) is 9.29 Å². The number of nitrogens with one attached hydrogen (secondary N) is 1. The van der Waals surface area contributed by atoms with Crippen LogP contribution in [0, 0.1) is 0 Å². The van der Waals surface area contributed by atoms with Gasteiger partial charge in [-0.25, -0.2) is 8.42 Å². The number of aromatic nitrogens is 1. The summed E-state index contributed by atoms with van der Waals surface area (Å²) in [5.41, 5.74) is 0. The number of sulfonamides is 1. The Kier molecular flexibility index (Phi) is 4.27. The van der Waals surface area contributed by atoms with E-state index in [4.69, 9.17) is 5.11 Å². The molecule has 1 heterocycles. The lowest BCUT2D eigenvalue weighted by Crippen LogP contribution is -2.43. The van der Waals surface area contributed by atoms with Crippen molar-refractivity contribution in [3.8, 4) is 0 Å². The molecule has 1 atom stereocenters. The average molecular weight is 262 g/mol. The predicted octanol–water partition coefficient (Wildman–Crippen LogP) is -1.16. The maximum absolute atomic E-state index is 11.8. The molecule has 0 radical (unpaired) electrons. The van der Waals surface area contributed by atoms with Gasteiger partial charge in [-0.3, -0.25) is 4.79 Å². The number of carbonyl (C=O) groups is 1. The first-order chi connectivity index (χ1) is 7.90. The van der Waals surface area contributed by atoms with Gasteiger partial charge in [-0.1, -0.05) is 0 Å². The predicted molar refractivity (Wildman–Crippen MR) is 58.6 cm³/mol. The Morgan fingerprint density at radius 2 is 2.29 bits per heavy atom. The van der Waals surface area contributed by atoms with E-state index in [1.807, 2.05) is 0 Å². The van der Waals surface area contributed by atoms with Gasteiger partial charge in [-0.2, -0.15) is 4.72 Å². The highest BCUT2D eigenvalue weighted by molar-refractivity contribution is 7.89. The molecule has 0 saturated carbocycles. The van der Waals surface area contributed by atoms with Crippen LogP contribution in [0.3, 0.4) is 0 Å². The van der Waals surface area contributed by atoms with E-state index in [-0.39, 0.29) is 4.90 Å². The molecule has 96 valence electrons. The minimum absolute atomic E-state index is 0.0161. The zero-order valence-corrected chi connectivity index (χ0v) is 10.3. The summed E-state index contributed by atoms with van der Waals surface area (Å²) in [6.07, 6.45) is 2.94. The van der Waals surface area contributed by atoms with E-state index in [1.54, 1.807) is 17.8 Å². The number of ether oxygens (including phenoxy) is 1. The van der Waals surface area contributed by atoms with Crippen LogP contribution in [0.15, 0.2) is 23.4 Å². The molecule has 17 heavy (non-hydrogen) atoms. The first kappa shape index (κ1) is 13.7. The van der Waals surface area contributed by atoms with Crippen molar-refractivity contribution in [2.45, 2.75) is 10.9 Å². The first-order valence-corrected chi connectivity index (χ1v) is 6.22. The Bertz CT molecular complexity index is 493. The van der Waals surface area contributed by atoms with Crippen molar-refractivity contribution in [3.63, 3.8) is 0 Å². The Hall–Kier alpha value is -1.38. The fraction of sp³-hybridized carbons (Fsp3) is 0.444. The zero-order valence-electron chi connectivity index (χ0n) is 9.45. The van der Waals surface area contributed by atoms with Crippen LogP contribution in [-0.4, -0.2) is 43.8 Å². The molecule has 1 aromatic rings. The lowest BCUT2D eigenvalue weighted by atomic mass is 10.3. The van der Waals surface area contributed by atoms with Crippen LogP contribution in [0.25, 0.3) is 0 Å². The SMILES string of the molecule is COC(=O)C(CO)NS(=O)(=O)c1ccn(C)c1. The molecule has 1 aromatic heterocycles. The summed E-state index contributed by atoms with van der Waals surface area (Å²) in [7, 11) is -1.06. The van der Waals surface area contributed by atoms with E-state index in [0.717, 1.165) is 7.11 Å². The lowest BCUT2D eigenvalue weighted by Gasteiger charge is -2.13. The van der Waals surface area contributed by atoms with Crippen molar-refractivity contribution in [2.24, 2.45) is 7.05 Å². The van der Waals surface area contributed by atoms with Crippen molar-refractivity contribution in [1.29, 1.82) is 0 Å². The number of methoxy groups -OCH3 is 1. The highest BCUT2D eigenvalue weighted by Gasteiger charge is 2.26. The van der Waals surface area contributed by atoms with E-state index in [2.05, 4.69) is 9.46 Å². The van der Waals surface area contributed by atoms with Gasteiger partial charge in [-0.15, -0.1) is 0 Å². The van der Waals surface area contributed by atoms with E-state index < -0.39 is 28.6 Å². The van der Waals surface area contributed by atoms with Crippen LogP contribution in [0.5, 0.6) is 0 Å². The minimum Gasteiger partial charge on any atom is -0.468 e. The summed E-state index contributed by atoms with van der Waals surface area (Å²) in [4.78, 5) is 11.2. The first-order valence-electron chi connectivity index (χ1n) is 4.73. The molecule has 0 saturated heterocycles. The van der Waals surface area contributed by atoms with Crippen LogP contribution >= 0.6 is 0 Å². The smallest absolute Gasteiger partial charge is 0.326 e. The molecule has 2 N–H and O–H groups in total. The fourth-order valence-corrected chi connectivity index (χ4v) is 2.42. The second-order valence-electron chi connectivity index (χ2n) is 3.39. The normalized spacial score (nSPS) is 13.4. The number of hydrogen-bond acceptors (Lipinski definition) is 5. The third kappa shape index (κ3) is 3.29. The van der Waals surface area contributed by atoms with Gasteiger partial charge in [0.2, 0.25) is 10.0 Å². The van der Waals surface area contributed by atoms with E-state index in [1.165, 1.54) is 12.3 Å². The number of carbonyl (C=O) groups excluding carboxylic acids is 1. The summed E-state index contributed by atoms with van der Waals surface area (Å²) in [6.45, 7) is -0.668. The monoisotopic (exact) mass is 262 g/mol. The highest BCUT2D eigenvalue weighted by Crippen LogP contribution is 2.09. The van der Waals surface area contributed by atoms with Crippen molar-refractivity contribution >= 4 is 16.0 Å². The number of aliphatic hydroxyl groups is 1. The topological polar surface area (TPSA) is 97.6 Å². The summed E-state index contributed by atoms with van der Waals surface area (Å²) in [6, 6.07) is 0.0822. The largest absolute Gasteiger partial charge is 0.468 e. The quantitative estimate of drug-likeness (QED) is 0.652. The molecule has 8 heteroatoms. The third-order valence-electron chi connectivity index (χ3n) is 2.08. The Morgan fingerprint density at radius 3 is 2.71 bits per heavy atom. The van der Waals surface area contributed by atoms with Gasteiger partial charge in [0, 0.05) is 19.4 Å². The molecule has 0 bridgehead atoms. The Balaban J connectivity index is 2.89. The van der Waals surface area contributed by atoms with Crippen LogP contribution in [0.1, 0.15) is 0 Å². The van der Waals surface area contributed by atoms with E-state index in [9.17, 15) is 13.2 Å². The molecular formula is C9H14N2O5S. The molecule has 0 spiro atoms. The second kappa shape index (κ2) is 5.30. The number of rotatable bonds is 5. The maximum atomic E-state index is 11.8. The minimum atomic E-state index is -3.84. The van der Waals surface area contributed by atoms with Gasteiger partial charge >= 0.3 is 5.97 Å². The Morgan fingerprint density at radius 1 is 1.65 bits per heavy atom. The molecule has 0 amide bonds. The Labute approximate surface area is 99.1 Å². The van der Waals surface area contributed by atoms with Crippen molar-refractivity contribution < 1.29 is 23.1 Å². The lowest BCUT2D eigenvalue weighted by molar-refractivity contribution is -0.143. The van der Waals surface area contributed by atoms with Gasteiger partial charge in [-0.05, 0) is 6.07 Å². The van der Waals surface area contributed by atoms with Gasteiger partial charge < -0.3 is 14.4 Å². The molecule has 7 nitrogen and oxygen atoms in total. The molecule has 0 aliphatic carbocycles. The number of esters is 1. The summed E-state index contributed by atoms with van der Waals surface area (Å²) < 4.78 is 31.6. The van der Waals surface area contributed by atoms with Crippen LogP contribution in [0.4, 0.5) is 0 Å². The van der Waals surface area contributed by atoms with Gasteiger partial charge in [0.1, 0.15) is 6.04 Å². The molecular weight excluding hydrogens is 248 g/mol. The standard InChI is InChI=1S/C9H14N2O5S/c1-11-4-3-7(5-11)17(14,15)10-8(6-12)9(13)16-2/h3-5,8,10,12H,6H2,1-2H3. The van der Waals surface area contributed by atoms with Gasteiger partial charge in [0.25, 0.3) is 0 Å². The van der Waals surface area contributed by atoms with Gasteiger partial charge in [0.05, 0.1) is 18.6 Å². The summed E-state index contributed by atoms with van der Waals surface area (Å²) in [5.74, 6) is -0.841. The molecule has 0 aliphatic heterocycles. The van der Waals surface area contributed by atoms with E-state index in [0.29, 0.717) is 0 Å². The molecule has 1 rings (SSSR count). The molecule has 0 fully saturated rings. The maximum Gasteiger partial charge on any atom is 0.326 e. The van der Waals surface area contributed by atoms with Gasteiger partial charge in [0.15, 0.2) is 0 Å². The van der Waals surface area contributed by atoms with E-state index >= 15 is 0 Å². The average Bonchev–Trinajstić information content (AvgIpc) is 2.72. The number of aryl methyl sites for hydroxylation is 1. The summed E-state index contributed by atoms with van der Waals surface area (Å²) in [5, 5.41) is 8.91. The molecule has 1 unspecified atom stereocenters. The third-order valence-corrected chi connectivity index (χ3v) is 3.54. The van der Waals surface area contributed by atoms with Crippen molar-refractivity contribution in [2.75, 3.05) is 13.7 Å². The van der Waals surface area contributed by atoms with Crippen LogP contribution in [-0.2, 0) is 26.6 Å². The second-order valence-corrected chi connectivity index (χ2v) is 5.11. The summed E-state index contributed by atoms with van der Waals surface area (Å²) >= 11 is 0. The number of hydrogen-bond donors (Lipinski definition) is 2. The number of nitrogens with zero attached hydrogens (tertiary/aromatic N) is 1. The zero-order chi connectivity index (χ0) is 13.1. The van der Waals surface area contributed by atoms with Crippen LogP contribution in [0.2, 0.25) is 0 Å². The molecule has 0 aliphatic rings. The van der Waals surface area contributed by atoms with Crippen molar-refractivity contribution in [3.05, 3.63) is 18.5 Å². The molecule has 0 aromatic carbocycles. The fourth-order valence-electron chi connectivity index (χ4n) is 1.19. The number of aliphatic hydroxyl groups excluding tert-OH is 1. The van der Waals surface area contributed by atoms with Crippen LogP contribution < -0.4 is 4.72 Å². The highest BCUT2D eigenvalue weighted by atomic mass is 32.2.